The number of hydrogen-bond acceptors (Lipinski definition) is 2. The molecule has 0 unspecified atom stereocenters. The van der Waals surface area contributed by atoms with E-state index < -0.39 is 0 Å². The van der Waals surface area contributed by atoms with Gasteiger partial charge in [0.05, 0.1) is 6.54 Å². The highest BCUT2D eigenvalue weighted by Gasteiger charge is 2.28. The van der Waals surface area contributed by atoms with Crippen LogP contribution in [-0.2, 0) is 6.54 Å². The summed E-state index contributed by atoms with van der Waals surface area (Å²) in [5.41, 5.74) is 0.699. The molecule has 3 nitrogen and oxygen atoms in total. The molecule has 1 N–H and O–H groups in total. The van der Waals surface area contributed by atoms with E-state index in [2.05, 4.69) is 28.9 Å². The van der Waals surface area contributed by atoms with Gasteiger partial charge in [0, 0.05) is 22.0 Å². The van der Waals surface area contributed by atoms with Crippen molar-refractivity contribution < 1.29 is 4.79 Å². The first-order valence-electron chi connectivity index (χ1n) is 7.24. The van der Waals surface area contributed by atoms with Gasteiger partial charge >= 0.3 is 0 Å². The number of nitrogens with one attached hydrogen (secondary N) is 1. The van der Waals surface area contributed by atoms with Crippen molar-refractivity contribution in [3.63, 3.8) is 0 Å². The maximum atomic E-state index is 12.7. The molecule has 2 aromatic heterocycles. The van der Waals surface area contributed by atoms with Gasteiger partial charge in [-0.05, 0) is 44.0 Å². The highest BCUT2D eigenvalue weighted by atomic mass is 32.1. The highest BCUT2D eigenvalue weighted by molar-refractivity contribution is 7.11. The predicted molar refractivity (Wildman–Crippen MR) is 82.0 cm³/mol. The van der Waals surface area contributed by atoms with Gasteiger partial charge in [-0.1, -0.05) is 12.8 Å². The van der Waals surface area contributed by atoms with E-state index in [-0.39, 0.29) is 5.91 Å². The van der Waals surface area contributed by atoms with Crippen molar-refractivity contribution in [2.24, 2.45) is 0 Å². The van der Waals surface area contributed by atoms with Gasteiger partial charge < -0.3 is 9.88 Å². The third-order valence-corrected chi connectivity index (χ3v) is 4.96. The average molecular weight is 288 g/mol. The summed E-state index contributed by atoms with van der Waals surface area (Å²) in [6.45, 7) is 2.85. The molecule has 0 aliphatic heterocycles. The molecule has 3 rings (SSSR count). The van der Waals surface area contributed by atoms with Crippen LogP contribution in [0.2, 0.25) is 0 Å². The summed E-state index contributed by atoms with van der Waals surface area (Å²) in [5.74, 6) is 0.132. The van der Waals surface area contributed by atoms with Crippen LogP contribution in [0.1, 0.15) is 45.9 Å². The van der Waals surface area contributed by atoms with Gasteiger partial charge in [0.25, 0.3) is 5.91 Å². The Morgan fingerprint density at radius 1 is 1.35 bits per heavy atom. The van der Waals surface area contributed by atoms with Crippen molar-refractivity contribution in [1.82, 2.24) is 9.88 Å². The molecule has 0 saturated heterocycles. The number of rotatable bonds is 4. The summed E-state index contributed by atoms with van der Waals surface area (Å²) in [6.07, 6.45) is 6.56. The van der Waals surface area contributed by atoms with E-state index in [0.717, 1.165) is 19.4 Å². The Balaban J connectivity index is 1.81. The number of hydrogen-bond donors (Lipinski definition) is 1. The van der Waals surface area contributed by atoms with Crippen molar-refractivity contribution >= 4 is 17.2 Å². The Morgan fingerprint density at radius 3 is 2.75 bits per heavy atom. The number of nitrogens with zero attached hydrogens (tertiary/aromatic N) is 1. The molecular formula is C16H20N2OS. The molecule has 1 saturated carbocycles. The Bertz CT molecular complexity index is 567. The van der Waals surface area contributed by atoms with Crippen LogP contribution in [-0.4, -0.2) is 21.8 Å². The first-order chi connectivity index (χ1) is 9.74. The highest BCUT2D eigenvalue weighted by Crippen LogP contribution is 2.28. The summed E-state index contributed by atoms with van der Waals surface area (Å²) < 4.78 is 0. The van der Waals surface area contributed by atoms with Crippen LogP contribution in [0.15, 0.2) is 30.5 Å². The van der Waals surface area contributed by atoms with E-state index in [1.165, 1.54) is 22.6 Å². The second kappa shape index (κ2) is 5.83. The molecule has 2 heterocycles. The summed E-state index contributed by atoms with van der Waals surface area (Å²) in [6, 6.07) is 8.42. The van der Waals surface area contributed by atoms with Gasteiger partial charge in [-0.25, -0.2) is 0 Å². The molecule has 0 atom stereocenters. The number of aryl methyl sites for hydroxylation is 1. The number of amides is 1. The number of H-pyrrole nitrogens is 1. The molecular weight excluding hydrogens is 268 g/mol. The molecule has 1 aliphatic carbocycles. The first kappa shape index (κ1) is 13.4. The third-order valence-electron chi connectivity index (χ3n) is 3.98. The zero-order valence-corrected chi connectivity index (χ0v) is 12.6. The maximum absolute atomic E-state index is 12.7. The average Bonchev–Trinajstić information content (AvgIpc) is 3.17. The van der Waals surface area contributed by atoms with Crippen molar-refractivity contribution in [3.05, 3.63) is 45.9 Å². The summed E-state index contributed by atoms with van der Waals surface area (Å²) in [5, 5.41) is 0. The summed E-state index contributed by atoms with van der Waals surface area (Å²) in [7, 11) is 0. The van der Waals surface area contributed by atoms with Crippen LogP contribution in [0.25, 0.3) is 0 Å². The smallest absolute Gasteiger partial charge is 0.270 e. The second-order valence-corrected chi connectivity index (χ2v) is 6.84. The normalized spacial score (nSPS) is 15.7. The van der Waals surface area contributed by atoms with Crippen molar-refractivity contribution in [3.8, 4) is 0 Å². The molecule has 2 aromatic rings. The maximum Gasteiger partial charge on any atom is 0.270 e. The molecule has 106 valence electrons. The Labute approximate surface area is 123 Å². The lowest BCUT2D eigenvalue weighted by Gasteiger charge is -2.28. The lowest BCUT2D eigenvalue weighted by atomic mass is 10.2. The lowest BCUT2D eigenvalue weighted by molar-refractivity contribution is 0.0661. The third kappa shape index (κ3) is 2.80. The lowest BCUT2D eigenvalue weighted by Crippen LogP contribution is -2.38. The number of carbonyl (C=O) groups is 1. The molecule has 1 amide bonds. The summed E-state index contributed by atoms with van der Waals surface area (Å²) in [4.78, 5) is 20.4. The Morgan fingerprint density at radius 2 is 2.15 bits per heavy atom. The van der Waals surface area contributed by atoms with Crippen LogP contribution < -0.4 is 0 Å². The summed E-state index contributed by atoms with van der Waals surface area (Å²) >= 11 is 1.79. The van der Waals surface area contributed by atoms with Gasteiger partial charge in [-0.2, -0.15) is 0 Å². The van der Waals surface area contributed by atoms with Gasteiger partial charge in [-0.15, -0.1) is 11.3 Å². The van der Waals surface area contributed by atoms with Crippen LogP contribution in [0, 0.1) is 6.92 Å². The molecule has 0 radical (unpaired) electrons. The number of aromatic amines is 1. The fourth-order valence-corrected chi connectivity index (χ4v) is 3.83. The predicted octanol–water partition coefficient (Wildman–Crippen LogP) is 3.97. The van der Waals surface area contributed by atoms with E-state index >= 15 is 0 Å². The Kier molecular flexibility index (Phi) is 3.92. The van der Waals surface area contributed by atoms with Gasteiger partial charge in [0.2, 0.25) is 0 Å². The minimum atomic E-state index is 0.132. The minimum Gasteiger partial charge on any atom is -0.357 e. The van der Waals surface area contributed by atoms with Crippen molar-refractivity contribution in [2.75, 3.05) is 0 Å². The van der Waals surface area contributed by atoms with E-state index in [4.69, 9.17) is 0 Å². The molecule has 1 fully saturated rings. The number of carbonyl (C=O) groups excluding carboxylic acids is 1. The quantitative estimate of drug-likeness (QED) is 0.908. The van der Waals surface area contributed by atoms with Gasteiger partial charge in [0.15, 0.2) is 0 Å². The Hall–Kier alpha value is -1.55. The van der Waals surface area contributed by atoms with E-state index in [1.54, 1.807) is 11.3 Å². The molecule has 0 bridgehead atoms. The monoisotopic (exact) mass is 288 g/mol. The van der Waals surface area contributed by atoms with Crippen LogP contribution in [0.3, 0.4) is 0 Å². The minimum absolute atomic E-state index is 0.132. The SMILES string of the molecule is Cc1ccc(CN(C(=O)c2ccc[nH]2)C2CCCC2)s1. The van der Waals surface area contributed by atoms with Crippen molar-refractivity contribution in [1.29, 1.82) is 0 Å². The zero-order chi connectivity index (χ0) is 13.9. The molecule has 0 spiro atoms. The molecule has 4 heteroatoms. The number of thiophene rings is 1. The fourth-order valence-electron chi connectivity index (χ4n) is 2.94. The van der Waals surface area contributed by atoms with Crippen LogP contribution in [0.5, 0.6) is 0 Å². The van der Waals surface area contributed by atoms with Crippen LogP contribution >= 0.6 is 11.3 Å². The topological polar surface area (TPSA) is 36.1 Å². The zero-order valence-electron chi connectivity index (χ0n) is 11.8. The van der Waals surface area contributed by atoms with E-state index in [9.17, 15) is 4.79 Å². The van der Waals surface area contributed by atoms with Crippen molar-refractivity contribution in [2.45, 2.75) is 45.2 Å². The number of aromatic nitrogens is 1. The molecule has 1 aliphatic rings. The van der Waals surface area contributed by atoms with Crippen LogP contribution in [0.4, 0.5) is 0 Å². The molecule has 20 heavy (non-hydrogen) atoms. The van der Waals surface area contributed by atoms with E-state index in [1.807, 2.05) is 18.3 Å². The van der Waals surface area contributed by atoms with Gasteiger partial charge in [-0.3, -0.25) is 4.79 Å². The first-order valence-corrected chi connectivity index (χ1v) is 8.05. The van der Waals surface area contributed by atoms with Gasteiger partial charge in [0.1, 0.15) is 5.69 Å². The second-order valence-electron chi connectivity index (χ2n) is 5.47. The van der Waals surface area contributed by atoms with E-state index in [0.29, 0.717) is 11.7 Å². The standard InChI is InChI=1S/C16H20N2OS/c1-12-8-9-14(20-12)11-18(13-5-2-3-6-13)16(19)15-7-4-10-17-15/h4,7-10,13,17H,2-3,5-6,11H2,1H3. The molecule has 0 aromatic carbocycles. The largest absolute Gasteiger partial charge is 0.357 e. The fraction of sp³-hybridized carbons (Fsp3) is 0.438.